The fourth-order valence-electron chi connectivity index (χ4n) is 1.93. The van der Waals surface area contributed by atoms with E-state index in [0.717, 1.165) is 17.8 Å². The summed E-state index contributed by atoms with van der Waals surface area (Å²) in [6.45, 7) is 2.09. The second-order valence-corrected chi connectivity index (χ2v) is 3.84. The van der Waals surface area contributed by atoms with Crippen LogP contribution in [0.5, 0.6) is 0 Å². The maximum atomic E-state index is 5.51. The molecule has 82 valence electrons. The maximum Gasteiger partial charge on any atom is 0.129 e. The molecule has 0 aromatic heterocycles. The quantitative estimate of drug-likeness (QED) is 0.721. The summed E-state index contributed by atoms with van der Waals surface area (Å²) >= 11 is 0. The minimum absolute atomic E-state index is 0.967. The number of allylic oxidation sites excluding steroid dienone is 5. The van der Waals surface area contributed by atoms with Gasteiger partial charge in [0.1, 0.15) is 5.76 Å². The minimum Gasteiger partial charge on any atom is -0.496 e. The predicted molar refractivity (Wildman–Crippen MR) is 67.9 cm³/mol. The first-order valence-electron chi connectivity index (χ1n) is 5.50. The van der Waals surface area contributed by atoms with Crippen LogP contribution < -0.4 is 0 Å². The van der Waals surface area contributed by atoms with Crippen molar-refractivity contribution in [3.63, 3.8) is 0 Å². The van der Waals surface area contributed by atoms with Crippen LogP contribution in [-0.2, 0) is 4.74 Å². The summed E-state index contributed by atoms with van der Waals surface area (Å²) in [4.78, 5) is 0. The van der Waals surface area contributed by atoms with Crippen LogP contribution >= 0.6 is 0 Å². The first-order valence-corrected chi connectivity index (χ1v) is 5.50. The summed E-state index contributed by atoms with van der Waals surface area (Å²) in [6.07, 6.45) is 7.46. The zero-order valence-electron chi connectivity index (χ0n) is 9.73. The lowest BCUT2D eigenvalue weighted by Gasteiger charge is -2.11. The third kappa shape index (κ3) is 2.08. The van der Waals surface area contributed by atoms with Crippen LogP contribution in [0.4, 0.5) is 0 Å². The smallest absolute Gasteiger partial charge is 0.129 e. The maximum absolute atomic E-state index is 5.51. The fraction of sp³-hybridized carbons (Fsp3) is 0.200. The predicted octanol–water partition coefficient (Wildman–Crippen LogP) is 3.95. The second kappa shape index (κ2) is 4.84. The van der Waals surface area contributed by atoms with Gasteiger partial charge in [0.25, 0.3) is 0 Å². The molecule has 0 atom stereocenters. The highest BCUT2D eigenvalue weighted by atomic mass is 16.5. The van der Waals surface area contributed by atoms with Gasteiger partial charge >= 0.3 is 0 Å². The summed E-state index contributed by atoms with van der Waals surface area (Å²) < 4.78 is 5.51. The van der Waals surface area contributed by atoms with Crippen molar-refractivity contribution in [1.82, 2.24) is 0 Å². The van der Waals surface area contributed by atoms with E-state index in [4.69, 9.17) is 4.74 Å². The summed E-state index contributed by atoms with van der Waals surface area (Å²) in [5, 5.41) is 0. The van der Waals surface area contributed by atoms with E-state index in [1.807, 2.05) is 18.2 Å². The third-order valence-electron chi connectivity index (χ3n) is 2.74. The molecule has 1 heteroatoms. The molecule has 0 bridgehead atoms. The van der Waals surface area contributed by atoms with Crippen LogP contribution in [0.3, 0.4) is 0 Å². The molecule has 0 N–H and O–H groups in total. The van der Waals surface area contributed by atoms with Gasteiger partial charge in [-0.2, -0.15) is 0 Å². The van der Waals surface area contributed by atoms with Crippen LogP contribution in [0.25, 0.3) is 5.57 Å². The van der Waals surface area contributed by atoms with E-state index in [1.54, 1.807) is 7.11 Å². The molecule has 0 spiro atoms. The van der Waals surface area contributed by atoms with E-state index in [9.17, 15) is 0 Å². The first kappa shape index (κ1) is 10.7. The number of methoxy groups -OCH3 is 1. The zero-order chi connectivity index (χ0) is 11.4. The Labute approximate surface area is 96.8 Å². The van der Waals surface area contributed by atoms with Gasteiger partial charge in [0.05, 0.1) is 7.11 Å². The molecule has 0 radical (unpaired) electrons. The third-order valence-corrected chi connectivity index (χ3v) is 2.74. The number of ether oxygens (including phenoxy) is 1. The molecule has 1 aromatic rings. The summed E-state index contributed by atoms with van der Waals surface area (Å²) in [5.74, 6) is 0.972. The minimum atomic E-state index is 0.967. The average Bonchev–Trinajstić information content (AvgIpc) is 2.52. The highest BCUT2D eigenvalue weighted by Crippen LogP contribution is 2.27. The molecule has 0 unspecified atom stereocenters. The van der Waals surface area contributed by atoms with Gasteiger partial charge in [-0.15, -0.1) is 0 Å². The molecule has 1 aliphatic rings. The van der Waals surface area contributed by atoms with Gasteiger partial charge in [-0.25, -0.2) is 0 Å². The largest absolute Gasteiger partial charge is 0.496 e. The lowest BCUT2D eigenvalue weighted by atomic mass is 10.0. The van der Waals surface area contributed by atoms with Gasteiger partial charge in [0, 0.05) is 5.57 Å². The first-order chi connectivity index (χ1) is 7.83. The molecule has 2 rings (SSSR count). The van der Waals surface area contributed by atoms with Gasteiger partial charge in [0.15, 0.2) is 0 Å². The summed E-state index contributed by atoms with van der Waals surface area (Å²) in [7, 11) is 1.73. The summed E-state index contributed by atoms with van der Waals surface area (Å²) in [5.41, 5.74) is 3.56. The molecular formula is C15H16O. The Hall–Kier alpha value is -1.76. The summed E-state index contributed by atoms with van der Waals surface area (Å²) in [6, 6.07) is 10.3. The molecule has 0 aliphatic heterocycles. The molecule has 16 heavy (non-hydrogen) atoms. The van der Waals surface area contributed by atoms with E-state index >= 15 is 0 Å². The van der Waals surface area contributed by atoms with Gasteiger partial charge in [-0.1, -0.05) is 48.6 Å². The molecule has 0 saturated heterocycles. The Morgan fingerprint density at radius 2 is 1.88 bits per heavy atom. The van der Waals surface area contributed by atoms with E-state index in [0.29, 0.717) is 0 Å². The van der Waals surface area contributed by atoms with Crippen molar-refractivity contribution in [2.24, 2.45) is 0 Å². The molecular weight excluding hydrogens is 196 g/mol. The van der Waals surface area contributed by atoms with Gasteiger partial charge in [-0.05, 0) is 24.5 Å². The number of rotatable bonds is 2. The lowest BCUT2D eigenvalue weighted by molar-refractivity contribution is 0.303. The van der Waals surface area contributed by atoms with E-state index in [2.05, 4.69) is 37.3 Å². The Morgan fingerprint density at radius 3 is 2.56 bits per heavy atom. The molecule has 0 amide bonds. The Bertz CT molecular complexity index is 450. The topological polar surface area (TPSA) is 9.23 Å². The molecule has 1 aromatic carbocycles. The Morgan fingerprint density at radius 1 is 1.12 bits per heavy atom. The highest BCUT2D eigenvalue weighted by Gasteiger charge is 2.10. The fourth-order valence-corrected chi connectivity index (χ4v) is 1.93. The van der Waals surface area contributed by atoms with Crippen LogP contribution in [0.1, 0.15) is 18.9 Å². The monoisotopic (exact) mass is 212 g/mol. The van der Waals surface area contributed by atoms with Crippen molar-refractivity contribution >= 4 is 5.57 Å². The molecule has 0 heterocycles. The van der Waals surface area contributed by atoms with Crippen LogP contribution in [0.15, 0.2) is 59.9 Å². The van der Waals surface area contributed by atoms with Crippen molar-refractivity contribution < 1.29 is 4.74 Å². The van der Waals surface area contributed by atoms with Crippen LogP contribution in [0.2, 0.25) is 0 Å². The van der Waals surface area contributed by atoms with Crippen molar-refractivity contribution in [1.29, 1.82) is 0 Å². The normalized spacial score (nSPS) is 15.8. The molecule has 1 nitrogen and oxygen atoms in total. The van der Waals surface area contributed by atoms with Crippen LogP contribution in [0, 0.1) is 0 Å². The average molecular weight is 212 g/mol. The van der Waals surface area contributed by atoms with Crippen molar-refractivity contribution in [3.8, 4) is 0 Å². The molecule has 1 aliphatic carbocycles. The number of benzene rings is 1. The van der Waals surface area contributed by atoms with Gasteiger partial charge < -0.3 is 4.74 Å². The van der Waals surface area contributed by atoms with Gasteiger partial charge in [0.2, 0.25) is 0 Å². The van der Waals surface area contributed by atoms with E-state index in [-0.39, 0.29) is 0 Å². The van der Waals surface area contributed by atoms with Crippen LogP contribution in [-0.4, -0.2) is 7.11 Å². The Balaban J connectivity index is 2.55. The molecule has 0 fully saturated rings. The zero-order valence-corrected chi connectivity index (χ0v) is 9.73. The number of hydrogen-bond acceptors (Lipinski definition) is 1. The van der Waals surface area contributed by atoms with Crippen molar-refractivity contribution in [3.05, 3.63) is 65.5 Å². The van der Waals surface area contributed by atoms with E-state index < -0.39 is 0 Å². The molecule has 0 saturated carbocycles. The van der Waals surface area contributed by atoms with E-state index in [1.165, 1.54) is 11.1 Å². The number of hydrogen-bond donors (Lipinski definition) is 0. The SMILES string of the molecule is COC1=C(c2ccccc2)C=CCC=C1C. The van der Waals surface area contributed by atoms with Crippen molar-refractivity contribution in [2.45, 2.75) is 13.3 Å². The highest BCUT2D eigenvalue weighted by molar-refractivity contribution is 5.78. The lowest BCUT2D eigenvalue weighted by Crippen LogP contribution is -1.94. The second-order valence-electron chi connectivity index (χ2n) is 3.84. The van der Waals surface area contributed by atoms with Crippen molar-refractivity contribution in [2.75, 3.05) is 7.11 Å². The Kier molecular flexibility index (Phi) is 3.25. The van der Waals surface area contributed by atoms with Gasteiger partial charge in [-0.3, -0.25) is 0 Å². The standard InChI is InChI=1S/C15H16O/c1-12-8-6-7-11-14(15(12)16-2)13-9-4-3-5-10-13/h3-5,7-11H,6H2,1-2H3.